The minimum absolute atomic E-state index is 0.168. The fourth-order valence-electron chi connectivity index (χ4n) is 3.27. The molecule has 0 unspecified atom stereocenters. The van der Waals surface area contributed by atoms with Gasteiger partial charge in [-0.15, -0.1) is 5.10 Å². The Bertz CT molecular complexity index is 462. The van der Waals surface area contributed by atoms with Crippen LogP contribution >= 0.6 is 0 Å². The average Bonchev–Trinajstić information content (AvgIpc) is 3.09. The summed E-state index contributed by atoms with van der Waals surface area (Å²) >= 11 is 0. The SMILES string of the molecule is CC(C)(C)[C@H]1CCN(Cc2nnnn2C2CC2)C[C@@H]1O. The van der Waals surface area contributed by atoms with Crippen LogP contribution in [0.25, 0.3) is 0 Å². The molecule has 2 fully saturated rings. The molecule has 1 saturated heterocycles. The molecule has 6 nitrogen and oxygen atoms in total. The summed E-state index contributed by atoms with van der Waals surface area (Å²) in [6, 6.07) is 0.511. The first-order valence-electron chi connectivity index (χ1n) is 7.62. The first kappa shape index (κ1) is 13.9. The van der Waals surface area contributed by atoms with Crippen LogP contribution in [0.3, 0.4) is 0 Å². The monoisotopic (exact) mass is 279 g/mol. The van der Waals surface area contributed by atoms with Crippen molar-refractivity contribution < 1.29 is 5.11 Å². The number of rotatable bonds is 3. The number of aromatic nitrogens is 4. The van der Waals surface area contributed by atoms with E-state index in [0.29, 0.717) is 12.0 Å². The maximum Gasteiger partial charge on any atom is 0.165 e. The molecule has 1 N–H and O–H groups in total. The first-order chi connectivity index (χ1) is 9.45. The Kier molecular flexibility index (Phi) is 3.54. The molecule has 112 valence electrons. The van der Waals surface area contributed by atoms with Crippen LogP contribution in [0, 0.1) is 11.3 Å². The zero-order valence-corrected chi connectivity index (χ0v) is 12.7. The molecule has 1 aromatic heterocycles. The second kappa shape index (κ2) is 5.07. The fraction of sp³-hybridized carbons (Fsp3) is 0.929. The van der Waals surface area contributed by atoms with Crippen molar-refractivity contribution >= 4 is 0 Å². The van der Waals surface area contributed by atoms with E-state index in [9.17, 15) is 5.11 Å². The second-order valence-corrected chi connectivity index (χ2v) is 7.33. The van der Waals surface area contributed by atoms with Crippen LogP contribution in [-0.4, -0.2) is 49.4 Å². The van der Waals surface area contributed by atoms with Gasteiger partial charge in [-0.3, -0.25) is 4.90 Å². The summed E-state index contributed by atoms with van der Waals surface area (Å²) in [5.41, 5.74) is 0.168. The molecule has 1 aromatic rings. The molecule has 2 aliphatic rings. The molecular formula is C14H25N5O. The number of aliphatic hydroxyl groups is 1. The predicted octanol–water partition coefficient (Wildman–Crippen LogP) is 1.24. The van der Waals surface area contributed by atoms with E-state index in [2.05, 4.69) is 41.2 Å². The van der Waals surface area contributed by atoms with Crippen molar-refractivity contribution in [2.75, 3.05) is 13.1 Å². The van der Waals surface area contributed by atoms with Crippen LogP contribution in [0.2, 0.25) is 0 Å². The van der Waals surface area contributed by atoms with Crippen LogP contribution in [0.4, 0.5) is 0 Å². The highest BCUT2D eigenvalue weighted by Crippen LogP contribution is 2.36. The van der Waals surface area contributed by atoms with Crippen LogP contribution in [0.5, 0.6) is 0 Å². The van der Waals surface area contributed by atoms with E-state index in [4.69, 9.17) is 0 Å². The topological polar surface area (TPSA) is 67.1 Å². The van der Waals surface area contributed by atoms with Gasteiger partial charge in [0.2, 0.25) is 0 Å². The zero-order valence-electron chi connectivity index (χ0n) is 12.7. The van der Waals surface area contributed by atoms with E-state index in [1.54, 1.807) is 0 Å². The van der Waals surface area contributed by atoms with Gasteiger partial charge in [-0.25, -0.2) is 4.68 Å². The molecule has 6 heteroatoms. The molecule has 2 atom stereocenters. The van der Waals surface area contributed by atoms with Gasteiger partial charge >= 0.3 is 0 Å². The Morgan fingerprint density at radius 3 is 2.60 bits per heavy atom. The van der Waals surface area contributed by atoms with E-state index in [0.717, 1.165) is 31.9 Å². The van der Waals surface area contributed by atoms with E-state index in [1.165, 1.54) is 12.8 Å². The Morgan fingerprint density at radius 1 is 1.25 bits per heavy atom. The van der Waals surface area contributed by atoms with Crippen LogP contribution in [0.1, 0.15) is 51.9 Å². The fourth-order valence-corrected chi connectivity index (χ4v) is 3.27. The number of likely N-dealkylation sites (tertiary alicyclic amines) is 1. The molecule has 2 heterocycles. The van der Waals surface area contributed by atoms with Crippen LogP contribution in [0.15, 0.2) is 0 Å². The Hall–Kier alpha value is -1.01. The number of hydrogen-bond donors (Lipinski definition) is 1. The lowest BCUT2D eigenvalue weighted by Gasteiger charge is -2.42. The van der Waals surface area contributed by atoms with Crippen molar-refractivity contribution in [1.82, 2.24) is 25.1 Å². The lowest BCUT2D eigenvalue weighted by Crippen LogP contribution is -2.47. The number of piperidine rings is 1. The van der Waals surface area contributed by atoms with Crippen molar-refractivity contribution in [2.45, 2.75) is 58.7 Å². The summed E-state index contributed by atoms with van der Waals surface area (Å²) in [6.45, 7) is 9.12. The van der Waals surface area contributed by atoms with E-state index in [-0.39, 0.29) is 11.5 Å². The predicted molar refractivity (Wildman–Crippen MR) is 74.9 cm³/mol. The van der Waals surface area contributed by atoms with Gasteiger partial charge in [-0.05, 0) is 47.6 Å². The largest absolute Gasteiger partial charge is 0.391 e. The lowest BCUT2D eigenvalue weighted by molar-refractivity contribution is -0.0274. The zero-order chi connectivity index (χ0) is 14.3. The highest BCUT2D eigenvalue weighted by Gasteiger charge is 2.36. The molecule has 20 heavy (non-hydrogen) atoms. The minimum atomic E-state index is -0.256. The number of β-amino-alcohol motifs (C(OH)–C–C–N with tert-alkyl or cyclic N) is 1. The third kappa shape index (κ3) is 2.86. The lowest BCUT2D eigenvalue weighted by atomic mass is 9.74. The first-order valence-corrected chi connectivity index (χ1v) is 7.62. The molecule has 0 radical (unpaired) electrons. The van der Waals surface area contributed by atoms with Crippen molar-refractivity contribution in [3.8, 4) is 0 Å². The van der Waals surface area contributed by atoms with Gasteiger partial charge < -0.3 is 5.11 Å². The Morgan fingerprint density at radius 2 is 2.00 bits per heavy atom. The quantitative estimate of drug-likeness (QED) is 0.901. The third-order valence-electron chi connectivity index (χ3n) is 4.60. The normalized spacial score (nSPS) is 28.8. The van der Waals surface area contributed by atoms with Crippen molar-refractivity contribution in [3.05, 3.63) is 5.82 Å². The molecule has 0 aromatic carbocycles. The van der Waals surface area contributed by atoms with E-state index < -0.39 is 0 Å². The molecule has 1 aliphatic heterocycles. The summed E-state index contributed by atoms with van der Waals surface area (Å²) in [7, 11) is 0. The van der Waals surface area contributed by atoms with Crippen LogP contribution < -0.4 is 0 Å². The molecule has 1 aliphatic carbocycles. The summed E-state index contributed by atoms with van der Waals surface area (Å²) < 4.78 is 1.96. The van der Waals surface area contributed by atoms with Gasteiger partial charge in [0.25, 0.3) is 0 Å². The molecule has 3 rings (SSSR count). The Labute approximate surface area is 120 Å². The van der Waals surface area contributed by atoms with Crippen molar-refractivity contribution in [2.24, 2.45) is 11.3 Å². The van der Waals surface area contributed by atoms with Crippen molar-refractivity contribution in [1.29, 1.82) is 0 Å². The van der Waals surface area contributed by atoms with Gasteiger partial charge in [0.15, 0.2) is 5.82 Å². The smallest absolute Gasteiger partial charge is 0.165 e. The van der Waals surface area contributed by atoms with E-state index in [1.807, 2.05) is 4.68 Å². The molecule has 1 saturated carbocycles. The Balaban J connectivity index is 1.61. The molecular weight excluding hydrogens is 254 g/mol. The summed E-state index contributed by atoms with van der Waals surface area (Å²) in [4.78, 5) is 2.28. The van der Waals surface area contributed by atoms with Crippen LogP contribution in [-0.2, 0) is 6.54 Å². The number of nitrogens with zero attached hydrogens (tertiary/aromatic N) is 5. The minimum Gasteiger partial charge on any atom is -0.391 e. The molecule has 0 amide bonds. The third-order valence-corrected chi connectivity index (χ3v) is 4.60. The summed E-state index contributed by atoms with van der Waals surface area (Å²) in [5.74, 6) is 1.31. The standard InChI is InChI=1S/C14H25N5O/c1-14(2,3)11-6-7-18(8-12(11)20)9-13-15-16-17-19(13)10-4-5-10/h10-12,20H,4-9H2,1-3H3/t11-,12-/m0/s1. The van der Waals surface area contributed by atoms with Gasteiger partial charge in [0.05, 0.1) is 18.7 Å². The van der Waals surface area contributed by atoms with Gasteiger partial charge in [0, 0.05) is 6.54 Å². The average molecular weight is 279 g/mol. The van der Waals surface area contributed by atoms with Gasteiger partial charge in [-0.2, -0.15) is 0 Å². The van der Waals surface area contributed by atoms with Gasteiger partial charge in [0.1, 0.15) is 0 Å². The molecule has 0 bridgehead atoms. The summed E-state index contributed by atoms with van der Waals surface area (Å²) in [5, 5.41) is 22.4. The number of aliphatic hydroxyl groups excluding tert-OH is 1. The maximum atomic E-state index is 10.4. The van der Waals surface area contributed by atoms with Gasteiger partial charge in [-0.1, -0.05) is 20.8 Å². The summed E-state index contributed by atoms with van der Waals surface area (Å²) in [6.07, 6.45) is 3.16. The maximum absolute atomic E-state index is 10.4. The molecule has 0 spiro atoms. The van der Waals surface area contributed by atoms with E-state index >= 15 is 0 Å². The highest BCUT2D eigenvalue weighted by molar-refractivity contribution is 4.93. The second-order valence-electron chi connectivity index (χ2n) is 7.33. The number of tetrazole rings is 1. The number of hydrogen-bond acceptors (Lipinski definition) is 5. The highest BCUT2D eigenvalue weighted by atomic mass is 16.3. The van der Waals surface area contributed by atoms with Crippen molar-refractivity contribution in [3.63, 3.8) is 0 Å².